The molecule has 1 unspecified atom stereocenters. The van der Waals surface area contributed by atoms with Crippen molar-refractivity contribution in [1.82, 2.24) is 14.8 Å². The molecule has 2 N–H and O–H groups in total. The third-order valence-electron chi connectivity index (χ3n) is 4.11. The molecule has 0 aliphatic rings. The van der Waals surface area contributed by atoms with E-state index in [1.54, 1.807) is 6.33 Å². The Kier molecular flexibility index (Phi) is 5.12. The lowest BCUT2D eigenvalue weighted by Gasteiger charge is -2.30. The lowest BCUT2D eigenvalue weighted by atomic mass is 9.76. The Labute approximate surface area is 127 Å². The van der Waals surface area contributed by atoms with Crippen LogP contribution in [-0.2, 0) is 6.42 Å². The van der Waals surface area contributed by atoms with Crippen molar-refractivity contribution in [3.8, 4) is 5.69 Å². The molecule has 1 aromatic heterocycles. The molecule has 0 aliphatic heterocycles. The van der Waals surface area contributed by atoms with Crippen LogP contribution in [0.15, 0.2) is 36.7 Å². The number of nitrogens with two attached hydrogens (primary N) is 1. The van der Waals surface area contributed by atoms with Crippen molar-refractivity contribution in [1.29, 1.82) is 0 Å². The first kappa shape index (κ1) is 15.7. The number of nitrogens with zero attached hydrogens (tertiary/aromatic N) is 3. The Balaban J connectivity index is 2.09. The van der Waals surface area contributed by atoms with Crippen molar-refractivity contribution in [3.05, 3.63) is 42.5 Å². The maximum atomic E-state index is 5.76. The summed E-state index contributed by atoms with van der Waals surface area (Å²) in [5.41, 5.74) is 7.15. The summed E-state index contributed by atoms with van der Waals surface area (Å²) < 4.78 is 2.07. The molecule has 21 heavy (non-hydrogen) atoms. The van der Waals surface area contributed by atoms with Crippen LogP contribution in [-0.4, -0.2) is 21.3 Å². The first-order chi connectivity index (χ1) is 10.0. The van der Waals surface area contributed by atoms with Crippen LogP contribution in [0, 0.1) is 11.3 Å². The summed E-state index contributed by atoms with van der Waals surface area (Å²) in [5.74, 6) is 1.62. The zero-order valence-corrected chi connectivity index (χ0v) is 13.3. The molecule has 1 heterocycles. The SMILES string of the molecule is CC(C)(C)C(CCN)CCc1nncn1-c1ccccc1. The van der Waals surface area contributed by atoms with E-state index in [1.807, 2.05) is 18.2 Å². The zero-order valence-electron chi connectivity index (χ0n) is 13.3. The second kappa shape index (κ2) is 6.85. The Bertz CT molecular complexity index is 539. The molecule has 0 saturated carbocycles. The van der Waals surface area contributed by atoms with E-state index in [0.717, 1.165) is 37.3 Å². The first-order valence-electron chi connectivity index (χ1n) is 7.66. The third kappa shape index (κ3) is 4.14. The van der Waals surface area contributed by atoms with Crippen LogP contribution in [0.1, 0.15) is 39.4 Å². The zero-order chi connectivity index (χ0) is 15.3. The minimum atomic E-state index is 0.275. The molecule has 0 bridgehead atoms. The molecule has 4 heteroatoms. The van der Waals surface area contributed by atoms with Crippen molar-refractivity contribution in [2.75, 3.05) is 6.54 Å². The fraction of sp³-hybridized carbons (Fsp3) is 0.529. The van der Waals surface area contributed by atoms with Crippen molar-refractivity contribution in [3.63, 3.8) is 0 Å². The molecule has 0 spiro atoms. The monoisotopic (exact) mass is 286 g/mol. The second-order valence-corrected chi connectivity index (χ2v) is 6.63. The Morgan fingerprint density at radius 2 is 1.86 bits per heavy atom. The minimum absolute atomic E-state index is 0.275. The van der Waals surface area contributed by atoms with Crippen LogP contribution in [0.25, 0.3) is 5.69 Å². The Hall–Kier alpha value is -1.68. The van der Waals surface area contributed by atoms with Gasteiger partial charge in [-0.1, -0.05) is 39.0 Å². The van der Waals surface area contributed by atoms with Gasteiger partial charge in [0.15, 0.2) is 0 Å². The average Bonchev–Trinajstić information content (AvgIpc) is 2.91. The van der Waals surface area contributed by atoms with Crippen LogP contribution >= 0.6 is 0 Å². The van der Waals surface area contributed by atoms with E-state index in [0.29, 0.717) is 5.92 Å². The van der Waals surface area contributed by atoms with Gasteiger partial charge >= 0.3 is 0 Å². The van der Waals surface area contributed by atoms with E-state index in [-0.39, 0.29) is 5.41 Å². The summed E-state index contributed by atoms with van der Waals surface area (Å²) in [4.78, 5) is 0. The summed E-state index contributed by atoms with van der Waals surface area (Å²) in [6, 6.07) is 10.2. The summed E-state index contributed by atoms with van der Waals surface area (Å²) in [6.07, 6.45) is 4.87. The fourth-order valence-electron chi connectivity index (χ4n) is 2.75. The number of aryl methyl sites for hydroxylation is 1. The molecule has 1 aromatic carbocycles. The molecular formula is C17H26N4. The lowest BCUT2D eigenvalue weighted by molar-refractivity contribution is 0.213. The molecule has 4 nitrogen and oxygen atoms in total. The molecule has 0 aliphatic carbocycles. The third-order valence-corrected chi connectivity index (χ3v) is 4.11. The predicted octanol–water partition coefficient (Wildman–Crippen LogP) is 3.21. The highest BCUT2D eigenvalue weighted by Gasteiger charge is 2.24. The van der Waals surface area contributed by atoms with Gasteiger partial charge in [-0.3, -0.25) is 4.57 Å². The summed E-state index contributed by atoms with van der Waals surface area (Å²) in [6.45, 7) is 7.60. The maximum absolute atomic E-state index is 5.76. The molecule has 0 saturated heterocycles. The van der Waals surface area contributed by atoms with Gasteiger partial charge in [0.05, 0.1) is 0 Å². The number of para-hydroxylation sites is 1. The molecule has 1 atom stereocenters. The van der Waals surface area contributed by atoms with E-state index in [2.05, 4.69) is 47.7 Å². The number of benzene rings is 1. The molecule has 0 fully saturated rings. The highest BCUT2D eigenvalue weighted by molar-refractivity contribution is 5.31. The van der Waals surface area contributed by atoms with Gasteiger partial charge in [0.25, 0.3) is 0 Å². The van der Waals surface area contributed by atoms with Crippen molar-refractivity contribution in [2.45, 2.75) is 40.0 Å². The topological polar surface area (TPSA) is 56.7 Å². The second-order valence-electron chi connectivity index (χ2n) is 6.63. The van der Waals surface area contributed by atoms with E-state index >= 15 is 0 Å². The van der Waals surface area contributed by atoms with Gasteiger partial charge in [-0.15, -0.1) is 10.2 Å². The predicted molar refractivity (Wildman–Crippen MR) is 86.3 cm³/mol. The Morgan fingerprint density at radius 1 is 1.14 bits per heavy atom. The van der Waals surface area contributed by atoms with Crippen molar-refractivity contribution >= 4 is 0 Å². The van der Waals surface area contributed by atoms with Gasteiger partial charge < -0.3 is 5.73 Å². The largest absolute Gasteiger partial charge is 0.330 e. The van der Waals surface area contributed by atoms with Crippen LogP contribution < -0.4 is 5.73 Å². The van der Waals surface area contributed by atoms with Gasteiger partial charge in [0.2, 0.25) is 0 Å². The van der Waals surface area contributed by atoms with E-state index in [1.165, 1.54) is 0 Å². The van der Waals surface area contributed by atoms with Gasteiger partial charge in [0, 0.05) is 12.1 Å². The smallest absolute Gasteiger partial charge is 0.137 e. The summed E-state index contributed by atoms with van der Waals surface area (Å²) in [7, 11) is 0. The number of aromatic nitrogens is 3. The molecule has 2 rings (SSSR count). The molecule has 0 amide bonds. The normalized spacial score (nSPS) is 13.3. The number of rotatable bonds is 6. The van der Waals surface area contributed by atoms with Gasteiger partial charge in [-0.05, 0) is 42.9 Å². The van der Waals surface area contributed by atoms with Gasteiger partial charge in [-0.2, -0.15) is 0 Å². The number of hydrogen-bond acceptors (Lipinski definition) is 3. The quantitative estimate of drug-likeness (QED) is 0.887. The highest BCUT2D eigenvalue weighted by atomic mass is 15.3. The molecule has 2 aromatic rings. The van der Waals surface area contributed by atoms with Crippen LogP contribution in [0.4, 0.5) is 0 Å². The maximum Gasteiger partial charge on any atom is 0.137 e. The van der Waals surface area contributed by atoms with Gasteiger partial charge in [-0.25, -0.2) is 0 Å². The van der Waals surface area contributed by atoms with Gasteiger partial charge in [0.1, 0.15) is 12.2 Å². The Morgan fingerprint density at radius 3 is 2.48 bits per heavy atom. The fourth-order valence-corrected chi connectivity index (χ4v) is 2.75. The van der Waals surface area contributed by atoms with Crippen molar-refractivity contribution < 1.29 is 0 Å². The minimum Gasteiger partial charge on any atom is -0.330 e. The molecular weight excluding hydrogens is 260 g/mol. The van der Waals surface area contributed by atoms with E-state index in [9.17, 15) is 0 Å². The molecule has 114 valence electrons. The van der Waals surface area contributed by atoms with E-state index < -0.39 is 0 Å². The van der Waals surface area contributed by atoms with Crippen LogP contribution in [0.3, 0.4) is 0 Å². The summed E-state index contributed by atoms with van der Waals surface area (Å²) in [5, 5.41) is 8.36. The highest BCUT2D eigenvalue weighted by Crippen LogP contribution is 2.32. The first-order valence-corrected chi connectivity index (χ1v) is 7.66. The average molecular weight is 286 g/mol. The lowest BCUT2D eigenvalue weighted by Crippen LogP contribution is -2.24. The molecule has 0 radical (unpaired) electrons. The standard InChI is InChI=1S/C17H26N4/c1-17(2,3)14(11-12-18)9-10-16-20-19-13-21(16)15-7-5-4-6-8-15/h4-8,13-14H,9-12,18H2,1-3H3. The van der Waals surface area contributed by atoms with Crippen LogP contribution in [0.5, 0.6) is 0 Å². The number of hydrogen-bond donors (Lipinski definition) is 1. The van der Waals surface area contributed by atoms with Crippen LogP contribution in [0.2, 0.25) is 0 Å². The van der Waals surface area contributed by atoms with Crippen molar-refractivity contribution in [2.24, 2.45) is 17.1 Å². The van der Waals surface area contributed by atoms with E-state index in [4.69, 9.17) is 5.73 Å². The summed E-state index contributed by atoms with van der Waals surface area (Å²) >= 11 is 0.